The number of aromatic nitrogens is 1. The summed E-state index contributed by atoms with van der Waals surface area (Å²) in [6.45, 7) is 10.9. The number of hydrogen-bond acceptors (Lipinski definition) is 6. The van der Waals surface area contributed by atoms with Crippen LogP contribution >= 0.6 is 11.6 Å². The van der Waals surface area contributed by atoms with Crippen LogP contribution in [-0.2, 0) is 14.3 Å². The van der Waals surface area contributed by atoms with Crippen molar-refractivity contribution in [3.8, 4) is 0 Å². The van der Waals surface area contributed by atoms with Gasteiger partial charge in [-0.25, -0.2) is 0 Å². The average Bonchev–Trinajstić information content (AvgIpc) is 2.84. The molecule has 198 valence electrons. The van der Waals surface area contributed by atoms with Crippen molar-refractivity contribution in [2.24, 2.45) is 11.3 Å². The van der Waals surface area contributed by atoms with E-state index < -0.39 is 41.6 Å². The van der Waals surface area contributed by atoms with Crippen LogP contribution in [0, 0.1) is 11.3 Å². The largest absolute Gasteiger partial charge is 0.392 e. The molecule has 0 saturated carbocycles. The van der Waals surface area contributed by atoms with Gasteiger partial charge in [-0.2, -0.15) is 0 Å². The molecule has 0 aliphatic carbocycles. The molecule has 2 heterocycles. The number of carbonyl (C=O) groups excluding carboxylic acids is 2. The van der Waals surface area contributed by atoms with Crippen molar-refractivity contribution >= 4 is 29.4 Å². The number of ketones is 1. The molecule has 0 saturated heterocycles. The SMILES string of the molecule is C=CC[C@H]1C(=O)C(C)(C)[C@@H](O)CC(=O)N[C@H](/C(Cl)=C/c2ccccn2)C/C=C(/C)CCO[C@H](C)[C@H]1O. The Kier molecular flexibility index (Phi) is 11.5. The zero-order valence-corrected chi connectivity index (χ0v) is 22.4. The number of nitrogens with one attached hydrogen (secondary N) is 1. The minimum Gasteiger partial charge on any atom is -0.392 e. The third-order valence-electron chi connectivity index (χ3n) is 6.72. The summed E-state index contributed by atoms with van der Waals surface area (Å²) in [4.78, 5) is 30.7. The van der Waals surface area contributed by atoms with Gasteiger partial charge in [-0.3, -0.25) is 14.6 Å². The van der Waals surface area contributed by atoms with E-state index in [1.54, 1.807) is 45.2 Å². The molecule has 0 aromatic carbocycles. The third kappa shape index (κ3) is 8.37. The second kappa shape index (κ2) is 13.8. The quantitative estimate of drug-likeness (QED) is 0.516. The predicted molar refractivity (Wildman–Crippen MR) is 142 cm³/mol. The lowest BCUT2D eigenvalue weighted by atomic mass is 9.72. The van der Waals surface area contributed by atoms with Gasteiger partial charge >= 0.3 is 0 Å². The van der Waals surface area contributed by atoms with Crippen LogP contribution in [0.15, 0.2) is 53.7 Å². The highest BCUT2D eigenvalue weighted by molar-refractivity contribution is 6.32. The Balaban J connectivity index is 2.37. The van der Waals surface area contributed by atoms with Gasteiger partial charge in [0.05, 0.1) is 54.4 Å². The van der Waals surface area contributed by atoms with Crippen molar-refractivity contribution in [3.05, 3.63) is 59.4 Å². The smallest absolute Gasteiger partial charge is 0.223 e. The first-order valence-corrected chi connectivity index (χ1v) is 12.7. The van der Waals surface area contributed by atoms with E-state index in [-0.39, 0.29) is 18.6 Å². The fourth-order valence-electron chi connectivity index (χ4n) is 4.10. The van der Waals surface area contributed by atoms with E-state index in [4.69, 9.17) is 16.3 Å². The summed E-state index contributed by atoms with van der Waals surface area (Å²) in [6.07, 6.45) is 4.94. The number of allylic oxidation sites excluding steroid dienone is 1. The van der Waals surface area contributed by atoms with E-state index in [1.165, 1.54) is 0 Å². The average molecular weight is 519 g/mol. The second-order valence-corrected chi connectivity index (χ2v) is 10.4. The standard InChI is InChI=1S/C28H39ClN2O5/c1-6-9-21-26(34)19(3)36-15-13-18(2)11-12-23(22(29)16-20-10-7-8-14-30-20)31-25(33)17-24(32)28(4,5)27(21)35/h6-8,10-11,14,16,19,21,23-24,26,32,34H,1,9,12-13,15,17H2,2-5H3,(H,31,33)/b18-11-,22-16-/t19-,21-,23+,24+,26-/m1/s1. The van der Waals surface area contributed by atoms with E-state index in [2.05, 4.69) is 16.9 Å². The van der Waals surface area contributed by atoms with Crippen molar-refractivity contribution in [1.29, 1.82) is 0 Å². The molecule has 1 aromatic rings. The molecule has 5 atom stereocenters. The van der Waals surface area contributed by atoms with Gasteiger partial charge < -0.3 is 20.3 Å². The molecule has 0 radical (unpaired) electrons. The highest BCUT2D eigenvalue weighted by Gasteiger charge is 2.43. The number of Topliss-reactive ketones (excluding diaryl/α,β-unsaturated/α-hetero) is 1. The third-order valence-corrected chi connectivity index (χ3v) is 7.09. The van der Waals surface area contributed by atoms with Gasteiger partial charge in [0.1, 0.15) is 5.78 Å². The van der Waals surface area contributed by atoms with Crippen LogP contribution in [-0.4, -0.2) is 57.8 Å². The first kappa shape index (κ1) is 29.9. The van der Waals surface area contributed by atoms with E-state index >= 15 is 0 Å². The van der Waals surface area contributed by atoms with Crippen LogP contribution in [0.2, 0.25) is 0 Å². The van der Waals surface area contributed by atoms with Crippen LogP contribution < -0.4 is 5.32 Å². The first-order valence-electron chi connectivity index (χ1n) is 12.3. The number of hydrogen-bond donors (Lipinski definition) is 3. The van der Waals surface area contributed by atoms with E-state index in [1.807, 2.05) is 25.1 Å². The summed E-state index contributed by atoms with van der Waals surface area (Å²) >= 11 is 6.61. The molecule has 36 heavy (non-hydrogen) atoms. The fraction of sp³-hybridized carbons (Fsp3) is 0.536. The van der Waals surface area contributed by atoms with E-state index in [0.717, 1.165) is 5.57 Å². The lowest BCUT2D eigenvalue weighted by molar-refractivity contribution is -0.146. The summed E-state index contributed by atoms with van der Waals surface area (Å²) in [5, 5.41) is 25.1. The maximum atomic E-state index is 13.4. The molecule has 3 N–H and O–H groups in total. The van der Waals surface area contributed by atoms with Crippen molar-refractivity contribution in [2.45, 2.75) is 77.7 Å². The Morgan fingerprint density at radius 3 is 2.69 bits per heavy atom. The lowest BCUT2D eigenvalue weighted by Gasteiger charge is -2.35. The van der Waals surface area contributed by atoms with Gasteiger partial charge in [-0.15, -0.1) is 6.58 Å². The number of halogens is 1. The second-order valence-electron chi connectivity index (χ2n) is 9.94. The number of pyridine rings is 1. The highest BCUT2D eigenvalue weighted by atomic mass is 35.5. The summed E-state index contributed by atoms with van der Waals surface area (Å²) in [6, 6.07) is 4.92. The van der Waals surface area contributed by atoms with Crippen LogP contribution in [0.4, 0.5) is 0 Å². The number of aliphatic hydroxyl groups is 2. The minimum atomic E-state index is -1.29. The Labute approximate surface area is 219 Å². The minimum absolute atomic E-state index is 0.227. The summed E-state index contributed by atoms with van der Waals surface area (Å²) in [5.41, 5.74) is 0.401. The van der Waals surface area contributed by atoms with Crippen LogP contribution in [0.5, 0.6) is 0 Å². The number of nitrogens with zero attached hydrogens (tertiary/aromatic N) is 1. The molecule has 0 bridgehead atoms. The lowest BCUT2D eigenvalue weighted by Crippen LogP contribution is -2.49. The first-order chi connectivity index (χ1) is 17.0. The zero-order chi connectivity index (χ0) is 26.9. The normalized spacial score (nSPS) is 30.7. The Morgan fingerprint density at radius 2 is 2.06 bits per heavy atom. The molecule has 7 nitrogen and oxygen atoms in total. The van der Waals surface area contributed by atoms with Gasteiger partial charge in [0.25, 0.3) is 0 Å². The number of amides is 1. The molecular formula is C28H39ClN2O5. The van der Waals surface area contributed by atoms with Gasteiger partial charge in [-0.1, -0.05) is 49.2 Å². The number of aliphatic hydroxyl groups excluding tert-OH is 2. The van der Waals surface area contributed by atoms with E-state index in [9.17, 15) is 19.8 Å². The van der Waals surface area contributed by atoms with Gasteiger partial charge in [0, 0.05) is 11.2 Å². The fourth-order valence-corrected chi connectivity index (χ4v) is 4.36. The zero-order valence-electron chi connectivity index (χ0n) is 21.6. The molecule has 0 spiro atoms. The topological polar surface area (TPSA) is 109 Å². The summed E-state index contributed by atoms with van der Waals surface area (Å²) in [7, 11) is 0. The molecule has 2 rings (SSSR count). The van der Waals surface area contributed by atoms with Gasteiger partial charge in [0.2, 0.25) is 5.91 Å². The van der Waals surface area contributed by atoms with Crippen LogP contribution in [0.3, 0.4) is 0 Å². The van der Waals surface area contributed by atoms with Crippen molar-refractivity contribution < 1.29 is 24.5 Å². The Bertz CT molecular complexity index is 960. The summed E-state index contributed by atoms with van der Waals surface area (Å²) < 4.78 is 5.86. The molecule has 1 amide bonds. The van der Waals surface area contributed by atoms with E-state index in [0.29, 0.717) is 30.2 Å². The molecular weight excluding hydrogens is 480 g/mol. The molecule has 0 unspecified atom stereocenters. The van der Waals surface area contributed by atoms with Crippen molar-refractivity contribution in [1.82, 2.24) is 10.3 Å². The van der Waals surface area contributed by atoms with Crippen LogP contribution in [0.1, 0.15) is 59.1 Å². The maximum absolute atomic E-state index is 13.4. The van der Waals surface area contributed by atoms with Gasteiger partial charge in [0.15, 0.2) is 0 Å². The number of carbonyl (C=O) groups is 2. The van der Waals surface area contributed by atoms with Crippen LogP contribution in [0.25, 0.3) is 6.08 Å². The summed E-state index contributed by atoms with van der Waals surface area (Å²) in [5.74, 6) is -1.60. The predicted octanol–water partition coefficient (Wildman–Crippen LogP) is 4.19. The molecule has 1 aliphatic heterocycles. The molecule has 0 fully saturated rings. The number of ether oxygens (including phenoxy) is 1. The Hall–Kier alpha value is -2.32. The van der Waals surface area contributed by atoms with Crippen molar-refractivity contribution in [3.63, 3.8) is 0 Å². The highest BCUT2D eigenvalue weighted by Crippen LogP contribution is 2.32. The van der Waals surface area contributed by atoms with Crippen molar-refractivity contribution in [2.75, 3.05) is 6.61 Å². The molecule has 1 aliphatic rings. The van der Waals surface area contributed by atoms with Gasteiger partial charge in [-0.05, 0) is 51.3 Å². The number of rotatable bonds is 4. The molecule has 1 aromatic heterocycles. The Morgan fingerprint density at radius 1 is 1.33 bits per heavy atom. The molecule has 8 heteroatoms. The maximum Gasteiger partial charge on any atom is 0.223 e. The monoisotopic (exact) mass is 518 g/mol.